The minimum absolute atomic E-state index is 0.0158. The van der Waals surface area contributed by atoms with Crippen molar-refractivity contribution in [3.8, 4) is 0 Å². The first-order valence-corrected chi connectivity index (χ1v) is 8.95. The minimum atomic E-state index is -0.0377. The number of fused-ring (bicyclic) bond motifs is 2. The monoisotopic (exact) mass is 334 g/mol. The molecule has 1 aromatic heterocycles. The van der Waals surface area contributed by atoms with Gasteiger partial charge in [-0.15, -0.1) is 0 Å². The van der Waals surface area contributed by atoms with E-state index in [1.807, 2.05) is 31.2 Å². The van der Waals surface area contributed by atoms with Gasteiger partial charge in [0, 0.05) is 5.39 Å². The van der Waals surface area contributed by atoms with Crippen LogP contribution in [0.1, 0.15) is 48.2 Å². The molecule has 0 saturated carbocycles. The molecule has 1 unspecified atom stereocenters. The molecule has 1 heterocycles. The lowest BCUT2D eigenvalue weighted by Crippen LogP contribution is -2.28. The molecule has 4 heteroatoms. The van der Waals surface area contributed by atoms with E-state index >= 15 is 0 Å². The number of nitrogens with one attached hydrogen (secondary N) is 1. The fourth-order valence-corrected chi connectivity index (χ4v) is 3.62. The predicted molar refractivity (Wildman–Crippen MR) is 97.4 cm³/mol. The molecule has 25 heavy (non-hydrogen) atoms. The van der Waals surface area contributed by atoms with Gasteiger partial charge >= 0.3 is 0 Å². The van der Waals surface area contributed by atoms with Crippen LogP contribution in [0.5, 0.6) is 0 Å². The number of carbonyl (C=O) groups is 1. The lowest BCUT2D eigenvalue weighted by atomic mass is 9.89. The summed E-state index contributed by atoms with van der Waals surface area (Å²) >= 11 is 0. The molecule has 128 valence electrons. The number of hydrogen-bond donors (Lipinski definition) is 1. The summed E-state index contributed by atoms with van der Waals surface area (Å²) in [5.41, 5.74) is 5.47. The third-order valence-electron chi connectivity index (χ3n) is 5.03. The van der Waals surface area contributed by atoms with E-state index in [2.05, 4.69) is 28.7 Å². The molecule has 1 aliphatic rings. The summed E-state index contributed by atoms with van der Waals surface area (Å²) in [7, 11) is 0. The van der Waals surface area contributed by atoms with Gasteiger partial charge in [0.25, 0.3) is 0 Å². The van der Waals surface area contributed by atoms with Crippen molar-refractivity contribution in [1.82, 2.24) is 10.5 Å². The lowest BCUT2D eigenvalue weighted by Gasteiger charge is -2.20. The summed E-state index contributed by atoms with van der Waals surface area (Å²) in [6.07, 6.45) is 5.09. The third-order valence-corrected chi connectivity index (χ3v) is 5.03. The maximum atomic E-state index is 12.4. The average Bonchev–Trinajstić information content (AvgIpc) is 3.04. The Labute approximate surface area is 147 Å². The van der Waals surface area contributed by atoms with Gasteiger partial charge in [0.2, 0.25) is 5.91 Å². The van der Waals surface area contributed by atoms with Crippen LogP contribution in [0.2, 0.25) is 0 Å². The molecule has 0 saturated heterocycles. The Morgan fingerprint density at radius 1 is 1.16 bits per heavy atom. The van der Waals surface area contributed by atoms with Crippen LogP contribution in [-0.4, -0.2) is 11.1 Å². The van der Waals surface area contributed by atoms with Crippen LogP contribution in [0.3, 0.4) is 0 Å². The van der Waals surface area contributed by atoms with Gasteiger partial charge in [-0.25, -0.2) is 0 Å². The van der Waals surface area contributed by atoms with Gasteiger partial charge in [-0.1, -0.05) is 35.5 Å². The third kappa shape index (κ3) is 3.29. The Hall–Kier alpha value is -2.62. The molecular weight excluding hydrogens is 312 g/mol. The van der Waals surface area contributed by atoms with Crippen molar-refractivity contribution in [2.45, 2.75) is 45.1 Å². The van der Waals surface area contributed by atoms with Gasteiger partial charge in [-0.2, -0.15) is 0 Å². The second-order valence-electron chi connectivity index (χ2n) is 6.83. The average molecular weight is 334 g/mol. The van der Waals surface area contributed by atoms with E-state index in [-0.39, 0.29) is 18.4 Å². The van der Waals surface area contributed by atoms with Gasteiger partial charge in [-0.05, 0) is 61.4 Å². The summed E-state index contributed by atoms with van der Waals surface area (Å²) in [5.74, 6) is -0.0377. The highest BCUT2D eigenvalue weighted by atomic mass is 16.5. The number of amides is 1. The zero-order valence-corrected chi connectivity index (χ0v) is 14.4. The first-order valence-electron chi connectivity index (χ1n) is 8.95. The molecule has 1 atom stereocenters. The number of nitrogens with zero attached hydrogens (tertiary/aromatic N) is 1. The predicted octanol–water partition coefficient (Wildman–Crippen LogP) is 4.13. The van der Waals surface area contributed by atoms with E-state index in [0.29, 0.717) is 11.3 Å². The molecule has 4 nitrogen and oxygen atoms in total. The van der Waals surface area contributed by atoms with E-state index in [9.17, 15) is 4.79 Å². The molecule has 0 radical (unpaired) electrons. The number of para-hydroxylation sites is 1. The number of aromatic nitrogens is 1. The van der Waals surface area contributed by atoms with Crippen LogP contribution in [0, 0.1) is 0 Å². The quantitative estimate of drug-likeness (QED) is 0.780. The van der Waals surface area contributed by atoms with Gasteiger partial charge in [-0.3, -0.25) is 4.79 Å². The van der Waals surface area contributed by atoms with E-state index < -0.39 is 0 Å². The zero-order valence-electron chi connectivity index (χ0n) is 14.4. The first-order chi connectivity index (χ1) is 12.2. The van der Waals surface area contributed by atoms with Crippen molar-refractivity contribution in [3.63, 3.8) is 0 Å². The summed E-state index contributed by atoms with van der Waals surface area (Å²) in [4.78, 5) is 12.4. The van der Waals surface area contributed by atoms with Crippen LogP contribution in [0.25, 0.3) is 11.0 Å². The van der Waals surface area contributed by atoms with Gasteiger partial charge in [0.1, 0.15) is 5.69 Å². The molecule has 2 aromatic carbocycles. The van der Waals surface area contributed by atoms with E-state index in [1.165, 1.54) is 36.0 Å². The number of rotatable bonds is 4. The number of carbonyl (C=O) groups excluding carboxylic acids is 1. The second-order valence-corrected chi connectivity index (χ2v) is 6.83. The molecule has 1 aliphatic carbocycles. The molecule has 0 bridgehead atoms. The molecule has 0 fully saturated rings. The minimum Gasteiger partial charge on any atom is -0.356 e. The Balaban J connectivity index is 1.45. The SMILES string of the molecule is CC(NC(=O)Cc1noc2ccccc12)c1ccc2c(c1)CCCC2. The largest absolute Gasteiger partial charge is 0.356 e. The van der Waals surface area contributed by atoms with Crippen molar-refractivity contribution in [2.75, 3.05) is 0 Å². The fourth-order valence-electron chi connectivity index (χ4n) is 3.62. The van der Waals surface area contributed by atoms with E-state index in [0.717, 1.165) is 11.8 Å². The van der Waals surface area contributed by atoms with E-state index in [4.69, 9.17) is 4.52 Å². The zero-order chi connectivity index (χ0) is 17.2. The van der Waals surface area contributed by atoms with E-state index in [1.54, 1.807) is 0 Å². The normalized spacial score (nSPS) is 14.9. The first kappa shape index (κ1) is 15.9. The highest BCUT2D eigenvalue weighted by Gasteiger charge is 2.16. The highest BCUT2D eigenvalue weighted by molar-refractivity contribution is 5.86. The maximum absolute atomic E-state index is 12.4. The fraction of sp³-hybridized carbons (Fsp3) is 0.333. The highest BCUT2D eigenvalue weighted by Crippen LogP contribution is 2.25. The van der Waals surface area contributed by atoms with Gasteiger partial charge < -0.3 is 9.84 Å². The van der Waals surface area contributed by atoms with Gasteiger partial charge in [0.15, 0.2) is 5.58 Å². The van der Waals surface area contributed by atoms with Crippen LogP contribution in [0.4, 0.5) is 0 Å². The summed E-state index contributed by atoms with van der Waals surface area (Å²) in [5, 5.41) is 8.02. The molecule has 0 spiro atoms. The Bertz CT molecular complexity index is 913. The second kappa shape index (κ2) is 6.71. The van der Waals surface area contributed by atoms with Crippen LogP contribution in [-0.2, 0) is 24.1 Å². The molecule has 0 aliphatic heterocycles. The smallest absolute Gasteiger partial charge is 0.226 e. The van der Waals surface area contributed by atoms with Crippen molar-refractivity contribution < 1.29 is 9.32 Å². The topological polar surface area (TPSA) is 55.1 Å². The maximum Gasteiger partial charge on any atom is 0.226 e. The van der Waals surface area contributed by atoms with Crippen LogP contribution < -0.4 is 5.32 Å². The summed E-state index contributed by atoms with van der Waals surface area (Å²) in [6.45, 7) is 2.03. The standard InChI is InChI=1S/C21H22N2O2/c1-14(16-11-10-15-6-2-3-7-17(15)12-16)22-21(24)13-19-18-8-4-5-9-20(18)25-23-19/h4-5,8-12,14H,2-3,6-7,13H2,1H3,(H,22,24). The lowest BCUT2D eigenvalue weighted by molar-refractivity contribution is -0.121. The Kier molecular flexibility index (Phi) is 4.26. The molecule has 4 rings (SSSR count). The Morgan fingerprint density at radius 3 is 2.84 bits per heavy atom. The molecule has 3 aromatic rings. The van der Waals surface area contributed by atoms with Crippen molar-refractivity contribution in [3.05, 3.63) is 64.8 Å². The molecule has 1 amide bonds. The number of aryl methyl sites for hydroxylation is 2. The van der Waals surface area contributed by atoms with Crippen molar-refractivity contribution in [1.29, 1.82) is 0 Å². The van der Waals surface area contributed by atoms with Crippen LogP contribution >= 0.6 is 0 Å². The van der Waals surface area contributed by atoms with Gasteiger partial charge in [0.05, 0.1) is 12.5 Å². The van der Waals surface area contributed by atoms with Crippen molar-refractivity contribution >= 4 is 16.9 Å². The summed E-state index contributed by atoms with van der Waals surface area (Å²) in [6, 6.07) is 14.2. The molecule has 1 N–H and O–H groups in total. The number of benzene rings is 2. The Morgan fingerprint density at radius 2 is 1.96 bits per heavy atom. The van der Waals surface area contributed by atoms with Crippen molar-refractivity contribution in [2.24, 2.45) is 0 Å². The number of hydrogen-bond acceptors (Lipinski definition) is 3. The molecular formula is C21H22N2O2. The van der Waals surface area contributed by atoms with Crippen LogP contribution in [0.15, 0.2) is 47.0 Å². The summed E-state index contributed by atoms with van der Waals surface area (Å²) < 4.78 is 5.27.